The van der Waals surface area contributed by atoms with Crippen molar-refractivity contribution in [2.75, 3.05) is 13.2 Å². The topological polar surface area (TPSA) is 78.9 Å². The van der Waals surface area contributed by atoms with Gasteiger partial charge in [0.25, 0.3) is 0 Å². The molecule has 0 amide bonds. The Kier molecular flexibility index (Phi) is 52.8. The highest BCUT2D eigenvalue weighted by atomic mass is 16.6. The molecule has 0 fully saturated rings. The summed E-state index contributed by atoms with van der Waals surface area (Å²) in [5, 5.41) is 0. The molecule has 1 unspecified atom stereocenters. The molecule has 0 N–H and O–H groups in total. The van der Waals surface area contributed by atoms with E-state index in [0.29, 0.717) is 19.3 Å². The first-order valence-corrected chi connectivity index (χ1v) is 28.6. The van der Waals surface area contributed by atoms with E-state index in [0.717, 1.165) is 103 Å². The predicted molar refractivity (Wildman–Crippen MR) is 284 cm³/mol. The molecule has 0 saturated heterocycles. The van der Waals surface area contributed by atoms with E-state index in [1.807, 2.05) is 0 Å². The Hall–Kier alpha value is -2.63. The summed E-state index contributed by atoms with van der Waals surface area (Å²) in [5.74, 6) is -0.896. The molecule has 66 heavy (non-hydrogen) atoms. The van der Waals surface area contributed by atoms with Crippen molar-refractivity contribution in [2.45, 2.75) is 303 Å². The van der Waals surface area contributed by atoms with E-state index in [-0.39, 0.29) is 31.1 Å². The third kappa shape index (κ3) is 52.3. The molecule has 0 aliphatic heterocycles. The summed E-state index contributed by atoms with van der Waals surface area (Å²) in [6, 6.07) is 0. The number of hydrogen-bond acceptors (Lipinski definition) is 6. The van der Waals surface area contributed by atoms with Crippen LogP contribution < -0.4 is 0 Å². The van der Waals surface area contributed by atoms with Crippen LogP contribution in [0.25, 0.3) is 0 Å². The van der Waals surface area contributed by atoms with Crippen molar-refractivity contribution in [3.63, 3.8) is 0 Å². The number of unbranched alkanes of at least 4 members (excludes halogenated alkanes) is 33. The van der Waals surface area contributed by atoms with Crippen LogP contribution in [0.15, 0.2) is 48.6 Å². The number of carbonyl (C=O) groups is 3. The Labute approximate surface area is 409 Å². The highest BCUT2D eigenvalue weighted by Crippen LogP contribution is 2.16. The molecule has 6 heteroatoms. The van der Waals surface area contributed by atoms with Crippen LogP contribution >= 0.6 is 0 Å². The summed E-state index contributed by atoms with van der Waals surface area (Å²) in [7, 11) is 0. The van der Waals surface area contributed by atoms with Crippen LogP contribution in [-0.2, 0) is 28.6 Å². The third-order valence-electron chi connectivity index (χ3n) is 12.6. The molecule has 384 valence electrons. The molecule has 0 rings (SSSR count). The van der Waals surface area contributed by atoms with Gasteiger partial charge in [0.1, 0.15) is 13.2 Å². The van der Waals surface area contributed by atoms with Crippen molar-refractivity contribution in [3.05, 3.63) is 48.6 Å². The van der Waals surface area contributed by atoms with E-state index in [4.69, 9.17) is 14.2 Å². The fraction of sp³-hybridized carbons (Fsp3) is 0.817. The standard InChI is InChI=1S/C60H108O6/c1-4-7-10-13-16-19-22-25-28-29-30-31-33-35-38-41-44-47-50-53-59(62)65-56-57(55-64-58(61)52-49-46-43-40-37-34-27-24-21-18-15-12-9-6-3)66-60(63)54-51-48-45-42-39-36-32-26-23-20-17-14-11-8-5-2/h15,17-18,20,24,26-27,32,57H,4-14,16,19,21-23,25,28-31,33-56H2,1-3H3/b18-15-,20-17-,27-24-,32-26-. The number of hydrogen-bond donors (Lipinski definition) is 0. The smallest absolute Gasteiger partial charge is 0.306 e. The predicted octanol–water partition coefficient (Wildman–Crippen LogP) is 19.0. The van der Waals surface area contributed by atoms with Gasteiger partial charge in [-0.25, -0.2) is 0 Å². The monoisotopic (exact) mass is 925 g/mol. The zero-order valence-corrected chi connectivity index (χ0v) is 44.0. The maximum atomic E-state index is 12.8. The molecule has 0 aliphatic carbocycles. The first kappa shape index (κ1) is 63.4. The van der Waals surface area contributed by atoms with Gasteiger partial charge in [-0.05, 0) is 77.0 Å². The third-order valence-corrected chi connectivity index (χ3v) is 12.6. The lowest BCUT2D eigenvalue weighted by Gasteiger charge is -2.18. The van der Waals surface area contributed by atoms with Gasteiger partial charge in [-0.15, -0.1) is 0 Å². The highest BCUT2D eigenvalue weighted by molar-refractivity contribution is 5.71. The summed E-state index contributed by atoms with van der Waals surface area (Å²) in [6.07, 6.45) is 66.7. The lowest BCUT2D eigenvalue weighted by Crippen LogP contribution is -2.30. The second-order valence-corrected chi connectivity index (χ2v) is 19.2. The van der Waals surface area contributed by atoms with Crippen molar-refractivity contribution < 1.29 is 28.6 Å². The van der Waals surface area contributed by atoms with Crippen molar-refractivity contribution in [1.29, 1.82) is 0 Å². The summed E-state index contributed by atoms with van der Waals surface area (Å²) in [6.45, 7) is 6.58. The fourth-order valence-electron chi connectivity index (χ4n) is 8.20. The Morgan fingerprint density at radius 3 is 0.909 bits per heavy atom. The average molecular weight is 926 g/mol. The molecule has 6 nitrogen and oxygen atoms in total. The SMILES string of the molecule is CCCC/C=C\C/C=C\CCCCCCCC(=O)OCC(COC(=O)CCCCCCCCCCCCCCCCCCCCC)OC(=O)CCCCCCC/C=C\C/C=C\CCCCC. The van der Waals surface area contributed by atoms with Gasteiger partial charge in [0.15, 0.2) is 6.10 Å². The van der Waals surface area contributed by atoms with Gasteiger partial charge < -0.3 is 14.2 Å². The Bertz CT molecular complexity index is 1150. The molecule has 1 atom stereocenters. The Balaban J connectivity index is 4.36. The van der Waals surface area contributed by atoms with Crippen LogP contribution in [0.1, 0.15) is 297 Å². The zero-order valence-electron chi connectivity index (χ0n) is 44.0. The highest BCUT2D eigenvalue weighted by Gasteiger charge is 2.19. The van der Waals surface area contributed by atoms with Crippen molar-refractivity contribution in [2.24, 2.45) is 0 Å². The molecule has 0 spiro atoms. The van der Waals surface area contributed by atoms with E-state index in [1.54, 1.807) is 0 Å². The largest absolute Gasteiger partial charge is 0.462 e. The van der Waals surface area contributed by atoms with Gasteiger partial charge in [-0.3, -0.25) is 14.4 Å². The van der Waals surface area contributed by atoms with Crippen LogP contribution in [0.2, 0.25) is 0 Å². The van der Waals surface area contributed by atoms with Crippen LogP contribution in [0.3, 0.4) is 0 Å². The van der Waals surface area contributed by atoms with Crippen LogP contribution in [-0.4, -0.2) is 37.2 Å². The summed E-state index contributed by atoms with van der Waals surface area (Å²) in [5.41, 5.74) is 0. The van der Waals surface area contributed by atoms with Gasteiger partial charge in [0.2, 0.25) is 0 Å². The lowest BCUT2D eigenvalue weighted by molar-refractivity contribution is -0.167. The Morgan fingerprint density at radius 1 is 0.303 bits per heavy atom. The minimum Gasteiger partial charge on any atom is -0.462 e. The first-order valence-electron chi connectivity index (χ1n) is 28.6. The number of ether oxygens (including phenoxy) is 3. The van der Waals surface area contributed by atoms with Crippen molar-refractivity contribution in [3.8, 4) is 0 Å². The van der Waals surface area contributed by atoms with Gasteiger partial charge in [-0.2, -0.15) is 0 Å². The molecule has 0 aliphatic rings. The van der Waals surface area contributed by atoms with Crippen LogP contribution in [0.4, 0.5) is 0 Å². The minimum atomic E-state index is -0.784. The minimum absolute atomic E-state index is 0.0806. The molecule has 0 heterocycles. The molecule has 0 aromatic heterocycles. The van der Waals surface area contributed by atoms with Crippen LogP contribution in [0.5, 0.6) is 0 Å². The molecular formula is C60H108O6. The maximum absolute atomic E-state index is 12.8. The van der Waals surface area contributed by atoms with Crippen LogP contribution in [0, 0.1) is 0 Å². The molecule has 0 radical (unpaired) electrons. The quantitative estimate of drug-likeness (QED) is 0.0262. The fourth-order valence-corrected chi connectivity index (χ4v) is 8.20. The second-order valence-electron chi connectivity index (χ2n) is 19.2. The van der Waals surface area contributed by atoms with E-state index >= 15 is 0 Å². The Morgan fingerprint density at radius 2 is 0.561 bits per heavy atom. The summed E-state index contributed by atoms with van der Waals surface area (Å²) >= 11 is 0. The van der Waals surface area contributed by atoms with E-state index in [1.165, 1.54) is 154 Å². The molecule has 0 saturated carbocycles. The molecule has 0 bridgehead atoms. The lowest BCUT2D eigenvalue weighted by atomic mass is 10.0. The number of esters is 3. The van der Waals surface area contributed by atoms with Gasteiger partial charge >= 0.3 is 17.9 Å². The first-order chi connectivity index (χ1) is 32.5. The molecular weight excluding hydrogens is 817 g/mol. The molecule has 0 aromatic rings. The van der Waals surface area contributed by atoms with E-state index in [9.17, 15) is 14.4 Å². The number of allylic oxidation sites excluding steroid dienone is 8. The van der Waals surface area contributed by atoms with Crippen molar-refractivity contribution >= 4 is 17.9 Å². The van der Waals surface area contributed by atoms with E-state index in [2.05, 4.69) is 69.4 Å². The van der Waals surface area contributed by atoms with Crippen molar-refractivity contribution in [1.82, 2.24) is 0 Å². The van der Waals surface area contributed by atoms with Gasteiger partial charge in [0, 0.05) is 19.3 Å². The second kappa shape index (κ2) is 55.0. The normalized spacial score (nSPS) is 12.3. The van der Waals surface area contributed by atoms with Gasteiger partial charge in [0.05, 0.1) is 0 Å². The number of carbonyl (C=O) groups excluding carboxylic acids is 3. The van der Waals surface area contributed by atoms with Gasteiger partial charge in [-0.1, -0.05) is 249 Å². The summed E-state index contributed by atoms with van der Waals surface area (Å²) in [4.78, 5) is 38.1. The maximum Gasteiger partial charge on any atom is 0.306 e. The average Bonchev–Trinajstić information content (AvgIpc) is 3.31. The van der Waals surface area contributed by atoms with E-state index < -0.39 is 6.10 Å². The summed E-state index contributed by atoms with van der Waals surface area (Å²) < 4.78 is 16.8. The molecule has 0 aromatic carbocycles. The number of rotatable bonds is 52. The zero-order chi connectivity index (χ0) is 47.9.